The van der Waals surface area contributed by atoms with E-state index >= 15 is 0 Å². The molecule has 1 aromatic carbocycles. The average molecular weight is 286 g/mol. The Kier molecular flexibility index (Phi) is 4.71. The van der Waals surface area contributed by atoms with Crippen molar-refractivity contribution >= 4 is 17.5 Å². The van der Waals surface area contributed by atoms with Crippen molar-refractivity contribution in [3.8, 4) is 5.75 Å². The maximum atomic E-state index is 12.2. The summed E-state index contributed by atoms with van der Waals surface area (Å²) < 4.78 is 5.12. The summed E-state index contributed by atoms with van der Waals surface area (Å²) in [5, 5.41) is 5.84. The number of methoxy groups -OCH3 is 1. The summed E-state index contributed by atoms with van der Waals surface area (Å²) in [5.41, 5.74) is 0.951. The highest BCUT2D eigenvalue weighted by Crippen LogP contribution is 2.17. The number of hydrogen-bond donors (Lipinski definition) is 2. The standard InChI is InChI=1S/C15H18N4O2/c1-10(2)17-15-16-8-7-13(19-15)14(20)18-11-5-4-6-12(9-11)21-3/h4-10H,1-3H3,(H,18,20)(H,16,17,19). The number of nitrogens with one attached hydrogen (secondary N) is 2. The zero-order chi connectivity index (χ0) is 15.2. The van der Waals surface area contributed by atoms with Gasteiger partial charge in [-0.25, -0.2) is 9.97 Å². The normalized spacial score (nSPS) is 10.3. The van der Waals surface area contributed by atoms with E-state index in [1.807, 2.05) is 19.9 Å². The van der Waals surface area contributed by atoms with E-state index in [1.54, 1.807) is 37.6 Å². The number of nitrogens with zero attached hydrogens (tertiary/aromatic N) is 2. The predicted molar refractivity (Wildman–Crippen MR) is 81.7 cm³/mol. The number of rotatable bonds is 5. The Morgan fingerprint density at radius 1 is 1.29 bits per heavy atom. The van der Waals surface area contributed by atoms with Crippen LogP contribution in [0.15, 0.2) is 36.5 Å². The second-order valence-electron chi connectivity index (χ2n) is 4.75. The monoisotopic (exact) mass is 286 g/mol. The van der Waals surface area contributed by atoms with Crippen LogP contribution in [0.2, 0.25) is 0 Å². The molecule has 0 unspecified atom stereocenters. The van der Waals surface area contributed by atoms with Crippen molar-refractivity contribution in [2.75, 3.05) is 17.7 Å². The number of aromatic nitrogens is 2. The SMILES string of the molecule is COc1cccc(NC(=O)c2ccnc(NC(C)C)n2)c1. The molecule has 0 saturated carbocycles. The molecule has 1 aromatic heterocycles. The topological polar surface area (TPSA) is 76.1 Å². The Labute approximate surface area is 123 Å². The third kappa shape index (κ3) is 4.17. The lowest BCUT2D eigenvalue weighted by Gasteiger charge is -2.09. The molecule has 0 fully saturated rings. The van der Waals surface area contributed by atoms with Crippen LogP contribution in [-0.2, 0) is 0 Å². The molecule has 0 atom stereocenters. The lowest BCUT2D eigenvalue weighted by atomic mass is 10.3. The van der Waals surface area contributed by atoms with Crippen molar-refractivity contribution < 1.29 is 9.53 Å². The van der Waals surface area contributed by atoms with Crippen molar-refractivity contribution in [3.05, 3.63) is 42.2 Å². The Bertz CT molecular complexity index is 629. The summed E-state index contributed by atoms with van der Waals surface area (Å²) in [5.74, 6) is 0.818. The molecule has 110 valence electrons. The van der Waals surface area contributed by atoms with Gasteiger partial charge in [-0.15, -0.1) is 0 Å². The number of carbonyl (C=O) groups is 1. The molecule has 0 radical (unpaired) electrons. The highest BCUT2D eigenvalue weighted by Gasteiger charge is 2.10. The van der Waals surface area contributed by atoms with Crippen LogP contribution < -0.4 is 15.4 Å². The van der Waals surface area contributed by atoms with Gasteiger partial charge in [0.05, 0.1) is 7.11 Å². The van der Waals surface area contributed by atoms with E-state index < -0.39 is 0 Å². The fraction of sp³-hybridized carbons (Fsp3) is 0.267. The Morgan fingerprint density at radius 3 is 2.81 bits per heavy atom. The van der Waals surface area contributed by atoms with E-state index in [2.05, 4.69) is 20.6 Å². The van der Waals surface area contributed by atoms with Gasteiger partial charge >= 0.3 is 0 Å². The minimum Gasteiger partial charge on any atom is -0.497 e. The molecule has 0 saturated heterocycles. The van der Waals surface area contributed by atoms with Gasteiger partial charge in [0.1, 0.15) is 11.4 Å². The fourth-order valence-corrected chi connectivity index (χ4v) is 1.71. The van der Waals surface area contributed by atoms with Gasteiger partial charge in [0.2, 0.25) is 5.95 Å². The van der Waals surface area contributed by atoms with Crippen LogP contribution in [0.3, 0.4) is 0 Å². The fourth-order valence-electron chi connectivity index (χ4n) is 1.71. The average Bonchev–Trinajstić information content (AvgIpc) is 2.47. The molecule has 1 amide bonds. The molecule has 6 nitrogen and oxygen atoms in total. The van der Waals surface area contributed by atoms with Gasteiger partial charge in [0.15, 0.2) is 0 Å². The van der Waals surface area contributed by atoms with Crippen LogP contribution in [0.4, 0.5) is 11.6 Å². The molecule has 2 rings (SSSR count). The lowest BCUT2D eigenvalue weighted by molar-refractivity contribution is 0.102. The van der Waals surface area contributed by atoms with E-state index in [1.165, 1.54) is 0 Å². The quantitative estimate of drug-likeness (QED) is 0.883. The second kappa shape index (κ2) is 6.69. The molecule has 2 aromatic rings. The zero-order valence-electron chi connectivity index (χ0n) is 12.3. The summed E-state index contributed by atoms with van der Waals surface area (Å²) in [4.78, 5) is 20.4. The molecule has 0 aliphatic carbocycles. The number of ether oxygens (including phenoxy) is 1. The molecule has 21 heavy (non-hydrogen) atoms. The van der Waals surface area contributed by atoms with Crippen molar-refractivity contribution in [3.63, 3.8) is 0 Å². The lowest BCUT2D eigenvalue weighted by Crippen LogP contribution is -2.17. The number of benzene rings is 1. The van der Waals surface area contributed by atoms with Gasteiger partial charge in [-0.05, 0) is 32.0 Å². The maximum Gasteiger partial charge on any atom is 0.274 e. The molecule has 2 N–H and O–H groups in total. The first-order chi connectivity index (χ1) is 10.1. The van der Waals surface area contributed by atoms with E-state index in [0.29, 0.717) is 23.1 Å². The van der Waals surface area contributed by atoms with Gasteiger partial charge in [0.25, 0.3) is 5.91 Å². The minimum absolute atomic E-state index is 0.196. The van der Waals surface area contributed by atoms with Crippen LogP contribution >= 0.6 is 0 Å². The van der Waals surface area contributed by atoms with E-state index in [4.69, 9.17) is 4.74 Å². The number of hydrogen-bond acceptors (Lipinski definition) is 5. The third-order valence-electron chi connectivity index (χ3n) is 2.63. The molecule has 0 aliphatic heterocycles. The van der Waals surface area contributed by atoms with Gasteiger partial charge in [0, 0.05) is 24.0 Å². The van der Waals surface area contributed by atoms with Gasteiger partial charge in [-0.3, -0.25) is 4.79 Å². The first kappa shape index (κ1) is 14.8. The first-order valence-corrected chi connectivity index (χ1v) is 6.63. The highest BCUT2D eigenvalue weighted by molar-refractivity contribution is 6.03. The van der Waals surface area contributed by atoms with Crippen LogP contribution in [0, 0.1) is 0 Å². The van der Waals surface area contributed by atoms with Crippen molar-refractivity contribution in [2.24, 2.45) is 0 Å². The first-order valence-electron chi connectivity index (χ1n) is 6.63. The number of amides is 1. The third-order valence-corrected chi connectivity index (χ3v) is 2.63. The van der Waals surface area contributed by atoms with Gasteiger partial charge in [-0.1, -0.05) is 6.07 Å². The summed E-state index contributed by atoms with van der Waals surface area (Å²) in [6.07, 6.45) is 1.55. The summed E-state index contributed by atoms with van der Waals surface area (Å²) >= 11 is 0. The van der Waals surface area contributed by atoms with E-state index in [9.17, 15) is 4.79 Å². The molecule has 0 bridgehead atoms. The van der Waals surface area contributed by atoms with Crippen molar-refractivity contribution in [2.45, 2.75) is 19.9 Å². The van der Waals surface area contributed by atoms with Crippen LogP contribution in [0.5, 0.6) is 5.75 Å². The predicted octanol–water partition coefficient (Wildman–Crippen LogP) is 2.56. The van der Waals surface area contributed by atoms with E-state index in [-0.39, 0.29) is 11.9 Å². The van der Waals surface area contributed by atoms with Gasteiger partial charge in [-0.2, -0.15) is 0 Å². The summed E-state index contributed by atoms with van der Waals surface area (Å²) in [6.45, 7) is 3.96. The molecule has 1 heterocycles. The van der Waals surface area contributed by atoms with Crippen LogP contribution in [0.1, 0.15) is 24.3 Å². The smallest absolute Gasteiger partial charge is 0.274 e. The van der Waals surface area contributed by atoms with Crippen LogP contribution in [-0.4, -0.2) is 29.0 Å². The second-order valence-corrected chi connectivity index (χ2v) is 4.75. The Morgan fingerprint density at radius 2 is 2.10 bits per heavy atom. The summed E-state index contributed by atoms with van der Waals surface area (Å²) in [7, 11) is 1.58. The van der Waals surface area contributed by atoms with Crippen molar-refractivity contribution in [1.82, 2.24) is 9.97 Å². The number of carbonyl (C=O) groups excluding carboxylic acids is 1. The highest BCUT2D eigenvalue weighted by atomic mass is 16.5. The minimum atomic E-state index is -0.294. The molecular weight excluding hydrogens is 268 g/mol. The molecule has 0 aliphatic rings. The largest absolute Gasteiger partial charge is 0.497 e. The summed E-state index contributed by atoms with van der Waals surface area (Å²) in [6, 6.07) is 8.91. The Hall–Kier alpha value is -2.63. The zero-order valence-corrected chi connectivity index (χ0v) is 12.3. The van der Waals surface area contributed by atoms with Crippen LogP contribution in [0.25, 0.3) is 0 Å². The molecule has 0 spiro atoms. The Balaban J connectivity index is 2.12. The van der Waals surface area contributed by atoms with E-state index in [0.717, 1.165) is 0 Å². The molecular formula is C15H18N4O2. The number of anilines is 2. The van der Waals surface area contributed by atoms with Crippen molar-refractivity contribution in [1.29, 1.82) is 0 Å². The van der Waals surface area contributed by atoms with Gasteiger partial charge < -0.3 is 15.4 Å². The molecule has 6 heteroatoms. The maximum absolute atomic E-state index is 12.2.